The smallest absolute Gasteiger partial charge is 0.348 e. The van der Waals surface area contributed by atoms with Crippen molar-refractivity contribution in [1.82, 2.24) is 9.55 Å². The van der Waals surface area contributed by atoms with Crippen LogP contribution in [0, 0.1) is 20.8 Å². The van der Waals surface area contributed by atoms with Gasteiger partial charge >= 0.3 is 5.97 Å². The zero-order valence-corrected chi connectivity index (χ0v) is 19.8. The van der Waals surface area contributed by atoms with Gasteiger partial charge in [-0.25, -0.2) is 9.78 Å². The van der Waals surface area contributed by atoms with Crippen LogP contribution in [0.15, 0.2) is 59.7 Å². The molecule has 6 nitrogen and oxygen atoms in total. The number of ether oxygens (including phenoxy) is 2. The Bertz CT molecular complexity index is 1320. The molecule has 0 aliphatic rings. The SMILES string of the molecule is Cc1cc(C)cc(OCCn2cnc3sc(C(=O)OCCc4ccccc4)c(C)c3c2=O)c1. The van der Waals surface area contributed by atoms with Crippen LogP contribution in [0.4, 0.5) is 0 Å². The number of nitrogens with zero attached hydrogens (tertiary/aromatic N) is 2. The number of benzene rings is 2. The van der Waals surface area contributed by atoms with Crippen LogP contribution in [0.2, 0.25) is 0 Å². The number of carbonyl (C=O) groups excluding carboxylic acids is 1. The Morgan fingerprint density at radius 2 is 1.76 bits per heavy atom. The lowest BCUT2D eigenvalue weighted by Gasteiger charge is -2.09. The zero-order valence-electron chi connectivity index (χ0n) is 19.0. The molecule has 0 aliphatic carbocycles. The Morgan fingerprint density at radius 3 is 2.48 bits per heavy atom. The second-order valence-electron chi connectivity index (χ2n) is 8.02. The molecule has 0 fully saturated rings. The predicted molar refractivity (Wildman–Crippen MR) is 130 cm³/mol. The summed E-state index contributed by atoms with van der Waals surface area (Å²) in [5.74, 6) is 0.359. The van der Waals surface area contributed by atoms with Crippen molar-refractivity contribution < 1.29 is 14.3 Å². The second-order valence-corrected chi connectivity index (χ2v) is 9.02. The number of fused-ring (bicyclic) bond motifs is 1. The van der Waals surface area contributed by atoms with Crippen molar-refractivity contribution in [1.29, 1.82) is 0 Å². The van der Waals surface area contributed by atoms with Crippen molar-refractivity contribution in [3.63, 3.8) is 0 Å². The van der Waals surface area contributed by atoms with Gasteiger partial charge < -0.3 is 9.47 Å². The lowest BCUT2D eigenvalue weighted by molar-refractivity contribution is 0.0514. The molecule has 0 amide bonds. The largest absolute Gasteiger partial charge is 0.492 e. The maximum absolute atomic E-state index is 13.1. The van der Waals surface area contributed by atoms with Gasteiger partial charge in [-0.2, -0.15) is 0 Å². The molecule has 4 rings (SSSR count). The lowest BCUT2D eigenvalue weighted by atomic mass is 10.1. The Balaban J connectivity index is 1.44. The second kappa shape index (κ2) is 10.0. The van der Waals surface area contributed by atoms with Crippen LogP contribution in [0.1, 0.15) is 31.9 Å². The molecule has 170 valence electrons. The topological polar surface area (TPSA) is 70.4 Å². The van der Waals surface area contributed by atoms with E-state index in [4.69, 9.17) is 9.47 Å². The molecule has 0 N–H and O–H groups in total. The summed E-state index contributed by atoms with van der Waals surface area (Å²) in [4.78, 5) is 31.1. The molecule has 0 bridgehead atoms. The van der Waals surface area contributed by atoms with Crippen LogP contribution in [-0.2, 0) is 17.7 Å². The number of hydrogen-bond acceptors (Lipinski definition) is 6. The van der Waals surface area contributed by atoms with Crippen molar-refractivity contribution in [2.75, 3.05) is 13.2 Å². The first-order valence-corrected chi connectivity index (χ1v) is 11.6. The van der Waals surface area contributed by atoms with Crippen molar-refractivity contribution in [2.24, 2.45) is 0 Å². The van der Waals surface area contributed by atoms with Gasteiger partial charge in [0, 0.05) is 6.42 Å². The number of esters is 1. The average molecular weight is 463 g/mol. The fourth-order valence-electron chi connectivity index (χ4n) is 3.76. The normalized spacial score (nSPS) is 11.0. The maximum atomic E-state index is 13.1. The van der Waals surface area contributed by atoms with Gasteiger partial charge in [0.25, 0.3) is 5.56 Å². The van der Waals surface area contributed by atoms with Crippen LogP contribution >= 0.6 is 11.3 Å². The molecule has 7 heteroatoms. The van der Waals surface area contributed by atoms with Crippen LogP contribution in [0.5, 0.6) is 5.75 Å². The highest BCUT2D eigenvalue weighted by Crippen LogP contribution is 2.27. The highest BCUT2D eigenvalue weighted by atomic mass is 32.1. The summed E-state index contributed by atoms with van der Waals surface area (Å²) in [6, 6.07) is 15.9. The summed E-state index contributed by atoms with van der Waals surface area (Å²) >= 11 is 1.19. The van der Waals surface area contributed by atoms with E-state index in [1.807, 2.05) is 56.3 Å². The average Bonchev–Trinajstić information content (AvgIpc) is 3.12. The van der Waals surface area contributed by atoms with Crippen LogP contribution in [0.3, 0.4) is 0 Å². The first kappa shape index (κ1) is 22.7. The molecule has 0 radical (unpaired) electrons. The van der Waals surface area contributed by atoms with E-state index in [9.17, 15) is 9.59 Å². The van der Waals surface area contributed by atoms with E-state index in [1.165, 1.54) is 22.2 Å². The summed E-state index contributed by atoms with van der Waals surface area (Å²) in [6.07, 6.45) is 2.15. The molecular formula is C26H26N2O4S. The fraction of sp³-hybridized carbons (Fsp3) is 0.269. The number of aromatic nitrogens is 2. The Morgan fingerprint density at radius 1 is 1.03 bits per heavy atom. The lowest BCUT2D eigenvalue weighted by Crippen LogP contribution is -2.23. The van der Waals surface area contributed by atoms with Gasteiger partial charge in [0.2, 0.25) is 0 Å². The van der Waals surface area contributed by atoms with Crippen molar-refractivity contribution in [3.05, 3.63) is 92.3 Å². The molecule has 2 aromatic carbocycles. The summed E-state index contributed by atoms with van der Waals surface area (Å²) < 4.78 is 12.8. The molecule has 2 aromatic heterocycles. The Kier molecular flexibility index (Phi) is 6.89. The summed E-state index contributed by atoms with van der Waals surface area (Å²) in [7, 11) is 0. The number of thiophene rings is 1. The van der Waals surface area contributed by atoms with Crippen molar-refractivity contribution in [2.45, 2.75) is 33.7 Å². The van der Waals surface area contributed by atoms with Crippen LogP contribution in [-0.4, -0.2) is 28.7 Å². The van der Waals surface area contributed by atoms with Gasteiger partial charge in [0.1, 0.15) is 22.1 Å². The number of rotatable bonds is 8. The quantitative estimate of drug-likeness (QED) is 0.350. The number of hydrogen-bond donors (Lipinski definition) is 0. The van der Waals surface area contributed by atoms with Crippen molar-refractivity contribution >= 4 is 27.5 Å². The third kappa shape index (κ3) is 5.31. The minimum absolute atomic E-state index is 0.180. The molecule has 0 saturated carbocycles. The van der Waals surface area contributed by atoms with Gasteiger partial charge in [0.15, 0.2) is 0 Å². The standard InChI is InChI=1S/C26H26N2O4S/c1-17-13-18(2)15-21(14-17)31-12-10-28-16-27-24-22(25(28)29)19(3)23(33-24)26(30)32-11-9-20-7-5-4-6-8-20/h4-8,13-16H,9-12H2,1-3H3. The molecule has 0 saturated heterocycles. The van der Waals surface area contributed by atoms with E-state index >= 15 is 0 Å². The molecule has 0 unspecified atom stereocenters. The minimum Gasteiger partial charge on any atom is -0.492 e. The molecule has 0 atom stereocenters. The van der Waals surface area contributed by atoms with Gasteiger partial charge in [0.05, 0.1) is 24.9 Å². The number of carbonyl (C=O) groups is 1. The Hall–Kier alpha value is -3.45. The molecule has 0 spiro atoms. The van der Waals surface area contributed by atoms with Gasteiger partial charge in [-0.3, -0.25) is 9.36 Å². The highest BCUT2D eigenvalue weighted by molar-refractivity contribution is 7.20. The molecule has 2 heterocycles. The van der Waals surface area contributed by atoms with Gasteiger partial charge in [-0.15, -0.1) is 11.3 Å². The molecule has 33 heavy (non-hydrogen) atoms. The molecular weight excluding hydrogens is 436 g/mol. The fourth-order valence-corrected chi connectivity index (χ4v) is 4.80. The van der Waals surface area contributed by atoms with Gasteiger partial charge in [-0.05, 0) is 55.2 Å². The van der Waals surface area contributed by atoms with E-state index < -0.39 is 5.97 Å². The van der Waals surface area contributed by atoms with Crippen LogP contribution in [0.25, 0.3) is 10.2 Å². The third-order valence-electron chi connectivity index (χ3n) is 5.37. The van der Waals surface area contributed by atoms with E-state index in [2.05, 4.69) is 11.1 Å². The zero-order chi connectivity index (χ0) is 23.4. The maximum Gasteiger partial charge on any atom is 0.348 e. The summed E-state index contributed by atoms with van der Waals surface area (Å²) in [6.45, 7) is 6.79. The van der Waals surface area contributed by atoms with Crippen molar-refractivity contribution in [3.8, 4) is 5.75 Å². The van der Waals surface area contributed by atoms with E-state index in [0.29, 0.717) is 40.2 Å². The first-order chi connectivity index (χ1) is 15.9. The van der Waals surface area contributed by atoms with Crippen LogP contribution < -0.4 is 10.3 Å². The number of aryl methyl sites for hydroxylation is 3. The van der Waals surface area contributed by atoms with E-state index in [1.54, 1.807) is 6.92 Å². The summed E-state index contributed by atoms with van der Waals surface area (Å²) in [5, 5.41) is 0.462. The monoisotopic (exact) mass is 462 g/mol. The molecule has 0 aliphatic heterocycles. The molecule has 4 aromatic rings. The van der Waals surface area contributed by atoms with Gasteiger partial charge in [-0.1, -0.05) is 36.4 Å². The van der Waals surface area contributed by atoms with E-state index in [-0.39, 0.29) is 12.2 Å². The first-order valence-electron chi connectivity index (χ1n) is 10.8. The predicted octanol–water partition coefficient (Wildman–Crippen LogP) is 4.86. The third-order valence-corrected chi connectivity index (χ3v) is 6.55. The highest BCUT2D eigenvalue weighted by Gasteiger charge is 2.20. The van der Waals surface area contributed by atoms with E-state index in [0.717, 1.165) is 22.4 Å². The minimum atomic E-state index is -0.421. The Labute approximate surface area is 196 Å². The summed E-state index contributed by atoms with van der Waals surface area (Å²) in [5.41, 5.74) is 3.79.